The van der Waals surface area contributed by atoms with Gasteiger partial charge in [0.15, 0.2) is 0 Å². The largest absolute Gasteiger partial charge is 0.469 e. The van der Waals surface area contributed by atoms with Crippen molar-refractivity contribution in [1.82, 2.24) is 4.90 Å². The molecule has 1 N–H and O–H groups in total. The fourth-order valence-corrected chi connectivity index (χ4v) is 1.84. The summed E-state index contributed by atoms with van der Waals surface area (Å²) in [5.74, 6) is -0.866. The van der Waals surface area contributed by atoms with Crippen LogP contribution in [-0.2, 0) is 14.3 Å². The van der Waals surface area contributed by atoms with E-state index in [1.807, 2.05) is 0 Å². The molecule has 0 radical (unpaired) electrons. The molecule has 0 aliphatic carbocycles. The molecule has 0 atom stereocenters. The van der Waals surface area contributed by atoms with Gasteiger partial charge in [0.1, 0.15) is 5.82 Å². The van der Waals surface area contributed by atoms with Crippen molar-refractivity contribution in [1.29, 1.82) is 0 Å². The van der Waals surface area contributed by atoms with Gasteiger partial charge in [0.05, 0.1) is 13.7 Å². The summed E-state index contributed by atoms with van der Waals surface area (Å²) >= 11 is 0. The highest BCUT2D eigenvalue weighted by Crippen LogP contribution is 2.15. The number of hydrogen-bond donors (Lipinski definition) is 1. The predicted molar refractivity (Wildman–Crippen MR) is 78.5 cm³/mol. The third-order valence-corrected chi connectivity index (χ3v) is 3.04. The van der Waals surface area contributed by atoms with E-state index in [1.54, 1.807) is 24.9 Å². The van der Waals surface area contributed by atoms with Crippen molar-refractivity contribution in [3.63, 3.8) is 0 Å². The van der Waals surface area contributed by atoms with Gasteiger partial charge in [-0.2, -0.15) is 0 Å². The Bertz CT molecular complexity index is 506. The molecule has 21 heavy (non-hydrogen) atoms. The molecule has 0 spiro atoms. The molecule has 0 aliphatic rings. The molecule has 0 aliphatic heterocycles. The molecule has 1 amide bonds. The zero-order chi connectivity index (χ0) is 15.8. The second kappa shape index (κ2) is 8.36. The minimum Gasteiger partial charge on any atom is -0.469 e. The highest BCUT2D eigenvalue weighted by Gasteiger charge is 2.09. The summed E-state index contributed by atoms with van der Waals surface area (Å²) in [4.78, 5) is 24.6. The summed E-state index contributed by atoms with van der Waals surface area (Å²) in [6, 6.07) is 4.26. The van der Waals surface area contributed by atoms with E-state index in [0.29, 0.717) is 25.1 Å². The van der Waals surface area contributed by atoms with Gasteiger partial charge < -0.3 is 10.1 Å². The molecule has 5 nitrogen and oxygen atoms in total. The Morgan fingerprint density at radius 3 is 2.76 bits per heavy atom. The fraction of sp³-hybridized carbons (Fsp3) is 0.467. The maximum atomic E-state index is 13.1. The first kappa shape index (κ1) is 17.1. The Labute approximate surface area is 124 Å². The van der Waals surface area contributed by atoms with Crippen LogP contribution in [0.25, 0.3) is 0 Å². The summed E-state index contributed by atoms with van der Waals surface area (Å²) in [6.07, 6.45) is 0.945. The van der Waals surface area contributed by atoms with Crippen LogP contribution in [0.3, 0.4) is 0 Å². The number of carbonyl (C=O) groups excluding carboxylic acids is 2. The maximum Gasteiger partial charge on any atom is 0.305 e. The lowest BCUT2D eigenvalue weighted by Crippen LogP contribution is -2.31. The molecule has 0 bridgehead atoms. The molecule has 1 rings (SSSR count). The number of nitrogens with zero attached hydrogens (tertiary/aromatic N) is 1. The zero-order valence-corrected chi connectivity index (χ0v) is 12.6. The Morgan fingerprint density at radius 2 is 2.10 bits per heavy atom. The van der Waals surface area contributed by atoms with Gasteiger partial charge in [-0.3, -0.25) is 14.5 Å². The van der Waals surface area contributed by atoms with Crippen molar-refractivity contribution in [3.8, 4) is 0 Å². The van der Waals surface area contributed by atoms with E-state index in [9.17, 15) is 14.0 Å². The van der Waals surface area contributed by atoms with E-state index < -0.39 is 0 Å². The van der Waals surface area contributed by atoms with Crippen LogP contribution in [0.1, 0.15) is 18.4 Å². The first-order valence-electron chi connectivity index (χ1n) is 6.73. The molecule has 1 aromatic carbocycles. The van der Waals surface area contributed by atoms with Crippen LogP contribution in [-0.4, -0.2) is 44.0 Å². The van der Waals surface area contributed by atoms with E-state index in [4.69, 9.17) is 0 Å². The molecule has 0 heterocycles. The third-order valence-electron chi connectivity index (χ3n) is 3.04. The van der Waals surface area contributed by atoms with Crippen LogP contribution in [0, 0.1) is 12.7 Å². The van der Waals surface area contributed by atoms with E-state index in [2.05, 4.69) is 10.1 Å². The van der Waals surface area contributed by atoms with Crippen molar-refractivity contribution in [2.75, 3.05) is 32.6 Å². The fourth-order valence-electron chi connectivity index (χ4n) is 1.84. The number of hydrogen-bond acceptors (Lipinski definition) is 4. The summed E-state index contributed by atoms with van der Waals surface area (Å²) in [7, 11) is 3.14. The normalized spacial score (nSPS) is 10.5. The minimum absolute atomic E-state index is 0.178. The van der Waals surface area contributed by atoms with Crippen LogP contribution in [0.15, 0.2) is 18.2 Å². The number of halogens is 1. The van der Waals surface area contributed by atoms with Crippen molar-refractivity contribution in [2.45, 2.75) is 19.8 Å². The number of likely N-dealkylation sites (N-methyl/N-ethyl adjacent to an activating group) is 1. The minimum atomic E-state index is -0.387. The lowest BCUT2D eigenvalue weighted by Gasteiger charge is -2.16. The SMILES string of the molecule is COC(=O)CCCN(C)CC(=O)Nc1cc(F)ccc1C. The van der Waals surface area contributed by atoms with Gasteiger partial charge in [0.2, 0.25) is 5.91 Å². The van der Waals surface area contributed by atoms with Crippen LogP contribution < -0.4 is 5.32 Å². The average molecular weight is 296 g/mol. The summed E-state index contributed by atoms with van der Waals surface area (Å²) in [5.41, 5.74) is 1.28. The predicted octanol–water partition coefficient (Wildman–Crippen LogP) is 1.96. The molecule has 6 heteroatoms. The smallest absolute Gasteiger partial charge is 0.305 e. The van der Waals surface area contributed by atoms with Gasteiger partial charge >= 0.3 is 5.97 Å². The number of methoxy groups -OCH3 is 1. The van der Waals surface area contributed by atoms with E-state index in [0.717, 1.165) is 5.56 Å². The number of benzene rings is 1. The molecule has 0 unspecified atom stereocenters. The van der Waals surface area contributed by atoms with E-state index in [1.165, 1.54) is 19.2 Å². The Hall–Kier alpha value is -1.95. The topological polar surface area (TPSA) is 58.6 Å². The van der Waals surface area contributed by atoms with Crippen molar-refractivity contribution >= 4 is 17.6 Å². The van der Waals surface area contributed by atoms with Crippen molar-refractivity contribution in [3.05, 3.63) is 29.6 Å². The lowest BCUT2D eigenvalue weighted by molar-refractivity contribution is -0.140. The van der Waals surface area contributed by atoms with Gasteiger partial charge in [-0.05, 0) is 44.6 Å². The maximum absolute atomic E-state index is 13.1. The average Bonchev–Trinajstić information content (AvgIpc) is 2.42. The summed E-state index contributed by atoms with van der Waals surface area (Å²) in [6.45, 7) is 2.58. The first-order chi connectivity index (χ1) is 9.92. The number of anilines is 1. The number of amides is 1. The lowest BCUT2D eigenvalue weighted by atomic mass is 10.2. The number of nitrogens with one attached hydrogen (secondary N) is 1. The van der Waals surface area contributed by atoms with Crippen LogP contribution in [0.2, 0.25) is 0 Å². The highest BCUT2D eigenvalue weighted by molar-refractivity contribution is 5.92. The number of esters is 1. The molecule has 0 aromatic heterocycles. The van der Waals surface area contributed by atoms with E-state index in [-0.39, 0.29) is 24.2 Å². The van der Waals surface area contributed by atoms with Gasteiger partial charge in [-0.25, -0.2) is 4.39 Å². The summed E-state index contributed by atoms with van der Waals surface area (Å²) < 4.78 is 17.7. The van der Waals surface area contributed by atoms with Gasteiger partial charge in [0.25, 0.3) is 0 Å². The van der Waals surface area contributed by atoms with Gasteiger partial charge in [-0.1, -0.05) is 6.07 Å². The molecule has 1 aromatic rings. The van der Waals surface area contributed by atoms with Crippen molar-refractivity contribution < 1.29 is 18.7 Å². The number of rotatable bonds is 7. The zero-order valence-electron chi connectivity index (χ0n) is 12.6. The monoisotopic (exact) mass is 296 g/mol. The highest BCUT2D eigenvalue weighted by atomic mass is 19.1. The Morgan fingerprint density at radius 1 is 1.38 bits per heavy atom. The standard InChI is InChI=1S/C15H21FN2O3/c1-11-6-7-12(16)9-13(11)17-14(19)10-18(2)8-4-5-15(20)21-3/h6-7,9H,4-5,8,10H2,1-3H3,(H,17,19). The second-order valence-electron chi connectivity index (χ2n) is 4.92. The van der Waals surface area contributed by atoms with E-state index >= 15 is 0 Å². The van der Waals surface area contributed by atoms with Crippen LogP contribution >= 0.6 is 0 Å². The van der Waals surface area contributed by atoms with Gasteiger partial charge in [0, 0.05) is 12.1 Å². The summed E-state index contributed by atoms with van der Waals surface area (Å²) in [5, 5.41) is 2.68. The molecule has 116 valence electrons. The molecular formula is C15H21FN2O3. The Kier molecular flexibility index (Phi) is 6.81. The molecule has 0 saturated heterocycles. The quantitative estimate of drug-likeness (QED) is 0.781. The first-order valence-corrected chi connectivity index (χ1v) is 6.73. The number of ether oxygens (including phenoxy) is 1. The molecular weight excluding hydrogens is 275 g/mol. The van der Waals surface area contributed by atoms with Crippen LogP contribution in [0.5, 0.6) is 0 Å². The number of aryl methyl sites for hydroxylation is 1. The van der Waals surface area contributed by atoms with Crippen molar-refractivity contribution in [2.24, 2.45) is 0 Å². The second-order valence-corrected chi connectivity index (χ2v) is 4.92. The van der Waals surface area contributed by atoms with Crippen LogP contribution in [0.4, 0.5) is 10.1 Å². The molecule has 0 fully saturated rings. The van der Waals surface area contributed by atoms with Gasteiger partial charge in [-0.15, -0.1) is 0 Å². The molecule has 0 saturated carbocycles. The Balaban J connectivity index is 2.39. The third kappa shape index (κ3) is 6.35. The number of carbonyl (C=O) groups is 2.